The molecule has 5 aromatic carbocycles. The Morgan fingerprint density at radius 3 is 2.02 bits per heavy atom. The van der Waals surface area contributed by atoms with E-state index in [1.165, 1.54) is 79.0 Å². The predicted octanol–water partition coefficient (Wildman–Crippen LogP) is 12.0. The van der Waals surface area contributed by atoms with Crippen molar-refractivity contribution in [2.24, 2.45) is 7.05 Å². The maximum absolute atomic E-state index is 2.54. The Bertz CT molecular complexity index is 1930. The van der Waals surface area contributed by atoms with Crippen molar-refractivity contribution in [3.05, 3.63) is 125 Å². The highest BCUT2D eigenvalue weighted by Crippen LogP contribution is 2.53. The second kappa shape index (κ2) is 11.3. The lowest BCUT2D eigenvalue weighted by molar-refractivity contribution is 0.723. The van der Waals surface area contributed by atoms with Gasteiger partial charge in [-0.05, 0) is 116 Å². The molecule has 2 aliphatic rings. The van der Waals surface area contributed by atoms with Crippen LogP contribution in [-0.4, -0.2) is 4.57 Å². The van der Waals surface area contributed by atoms with Crippen molar-refractivity contribution in [1.82, 2.24) is 4.57 Å². The van der Waals surface area contributed by atoms with Crippen LogP contribution in [0.3, 0.4) is 0 Å². The van der Waals surface area contributed by atoms with Crippen molar-refractivity contribution < 1.29 is 0 Å². The van der Waals surface area contributed by atoms with Gasteiger partial charge in [0.1, 0.15) is 0 Å². The van der Waals surface area contributed by atoms with Crippen LogP contribution in [0.2, 0.25) is 0 Å². The summed E-state index contributed by atoms with van der Waals surface area (Å²) in [6, 6.07) is 37.8. The highest BCUT2D eigenvalue weighted by Gasteiger charge is 2.30. The molecule has 3 heteroatoms. The summed E-state index contributed by atoms with van der Waals surface area (Å²) in [4.78, 5) is 5.06. The minimum absolute atomic E-state index is 0.597. The average molecular weight is 581 g/mol. The van der Waals surface area contributed by atoms with Crippen molar-refractivity contribution >= 4 is 50.6 Å². The molecule has 1 aliphatic heterocycles. The molecule has 2 heterocycles. The average Bonchev–Trinajstić information content (AvgIpc) is 3.86. The van der Waals surface area contributed by atoms with Crippen LogP contribution in [0.15, 0.2) is 113 Å². The van der Waals surface area contributed by atoms with Gasteiger partial charge in [-0.3, -0.25) is 0 Å². The van der Waals surface area contributed by atoms with Gasteiger partial charge in [-0.1, -0.05) is 80.2 Å². The number of hydrogen-bond acceptors (Lipinski definition) is 2. The molecule has 1 atom stereocenters. The molecule has 0 amide bonds. The minimum Gasteiger partial charge on any atom is -0.344 e. The molecule has 0 saturated heterocycles. The summed E-state index contributed by atoms with van der Waals surface area (Å²) >= 11 is 1.89. The molecule has 0 N–H and O–H groups in total. The summed E-state index contributed by atoms with van der Waals surface area (Å²) in [5.41, 5.74) is 12.3. The number of fused-ring (bicyclic) bond motifs is 5. The number of anilines is 3. The Labute approximate surface area is 260 Å². The van der Waals surface area contributed by atoms with Gasteiger partial charge in [0.2, 0.25) is 0 Å². The van der Waals surface area contributed by atoms with Gasteiger partial charge in [0, 0.05) is 38.8 Å². The van der Waals surface area contributed by atoms with Gasteiger partial charge in [0.05, 0.1) is 16.9 Å². The number of rotatable bonds is 4. The minimum atomic E-state index is 0.597. The molecule has 0 radical (unpaired) electrons. The SMILES string of the molecule is CCC(C)c1cc2c(cc1C1CC1)c1cc3c(cc1n2C)Sc1ccccc1N3c1ccccc1.Cc1ccccc1C. The number of hydrogen-bond donors (Lipinski definition) is 0. The first-order valence-corrected chi connectivity index (χ1v) is 16.5. The van der Waals surface area contributed by atoms with E-state index >= 15 is 0 Å². The molecule has 2 nitrogen and oxygen atoms in total. The lowest BCUT2D eigenvalue weighted by Crippen LogP contribution is -2.14. The summed E-state index contributed by atoms with van der Waals surface area (Å²) in [5, 5.41) is 2.76. The van der Waals surface area contributed by atoms with Crippen molar-refractivity contribution in [3.63, 3.8) is 0 Å². The topological polar surface area (TPSA) is 8.17 Å². The van der Waals surface area contributed by atoms with E-state index in [1.54, 1.807) is 11.1 Å². The van der Waals surface area contributed by atoms with Gasteiger partial charge in [-0.2, -0.15) is 0 Å². The normalized spacial score (nSPS) is 14.7. The van der Waals surface area contributed by atoms with Crippen LogP contribution in [0, 0.1) is 13.8 Å². The van der Waals surface area contributed by atoms with Gasteiger partial charge in [-0.15, -0.1) is 0 Å². The van der Waals surface area contributed by atoms with Crippen LogP contribution in [0.1, 0.15) is 67.2 Å². The van der Waals surface area contributed by atoms with E-state index in [9.17, 15) is 0 Å². The third-order valence-corrected chi connectivity index (χ3v) is 10.6. The fraction of sp³-hybridized carbons (Fsp3) is 0.250. The molecule has 1 unspecified atom stereocenters. The van der Waals surface area contributed by atoms with E-state index in [0.29, 0.717) is 5.92 Å². The summed E-state index contributed by atoms with van der Waals surface area (Å²) in [7, 11) is 2.24. The molecular formula is C40H40N2S. The highest BCUT2D eigenvalue weighted by molar-refractivity contribution is 7.99. The third-order valence-electron chi connectivity index (χ3n) is 9.46. The number of nitrogens with zero attached hydrogens (tertiary/aromatic N) is 2. The summed E-state index contributed by atoms with van der Waals surface area (Å²) in [6.45, 7) is 8.94. The van der Waals surface area contributed by atoms with Crippen LogP contribution >= 0.6 is 11.8 Å². The van der Waals surface area contributed by atoms with Crippen molar-refractivity contribution in [3.8, 4) is 0 Å². The van der Waals surface area contributed by atoms with E-state index in [0.717, 1.165) is 5.92 Å². The summed E-state index contributed by atoms with van der Waals surface area (Å²) < 4.78 is 2.42. The third kappa shape index (κ3) is 5.04. The molecule has 8 rings (SSSR count). The molecular weight excluding hydrogens is 541 g/mol. The largest absolute Gasteiger partial charge is 0.344 e. The first-order valence-electron chi connectivity index (χ1n) is 15.7. The van der Waals surface area contributed by atoms with E-state index in [4.69, 9.17) is 0 Å². The molecule has 1 saturated carbocycles. The monoisotopic (exact) mass is 580 g/mol. The summed E-state index contributed by atoms with van der Waals surface area (Å²) in [6.07, 6.45) is 3.86. The Hall–Kier alpha value is -3.95. The standard InChI is InChI=1S/C32H30N2S.C8H10/c1-4-20(2)23-17-28-25(16-24(23)21-14-15-21)26-18-30-32(19-29(26)33(28)3)35-31-13-9-8-12-27(31)34(30)22-10-6-5-7-11-22;1-7-5-3-4-6-8(7)2/h5-13,16-21H,4,14-15H2,1-3H3;3-6H,1-2H3. The van der Waals surface area contributed by atoms with Gasteiger partial charge in [0.15, 0.2) is 0 Å². The molecule has 216 valence electrons. The number of benzene rings is 5. The van der Waals surface area contributed by atoms with Crippen molar-refractivity contribution in [1.29, 1.82) is 0 Å². The lowest BCUT2D eigenvalue weighted by Gasteiger charge is -2.33. The quantitative estimate of drug-likeness (QED) is 0.205. The molecule has 0 bridgehead atoms. The number of para-hydroxylation sites is 2. The van der Waals surface area contributed by atoms with E-state index in [-0.39, 0.29) is 0 Å². The first-order chi connectivity index (χ1) is 20.9. The van der Waals surface area contributed by atoms with E-state index < -0.39 is 0 Å². The molecule has 0 spiro atoms. The van der Waals surface area contributed by atoms with Gasteiger partial charge in [0.25, 0.3) is 0 Å². The van der Waals surface area contributed by atoms with Gasteiger partial charge in [-0.25, -0.2) is 0 Å². The zero-order chi connectivity index (χ0) is 29.7. The smallest absolute Gasteiger partial charge is 0.0609 e. The Balaban J connectivity index is 0.000000328. The molecule has 1 aromatic heterocycles. The van der Waals surface area contributed by atoms with Crippen molar-refractivity contribution in [2.45, 2.75) is 68.6 Å². The number of aryl methyl sites for hydroxylation is 3. The van der Waals surface area contributed by atoms with Crippen LogP contribution in [0.25, 0.3) is 21.8 Å². The second-order valence-corrected chi connectivity index (χ2v) is 13.4. The summed E-state index contributed by atoms with van der Waals surface area (Å²) in [5.74, 6) is 1.35. The first kappa shape index (κ1) is 27.9. The van der Waals surface area contributed by atoms with Gasteiger partial charge >= 0.3 is 0 Å². The van der Waals surface area contributed by atoms with Gasteiger partial charge < -0.3 is 9.47 Å². The van der Waals surface area contributed by atoms with Crippen LogP contribution in [0.5, 0.6) is 0 Å². The maximum Gasteiger partial charge on any atom is 0.0609 e. The Morgan fingerprint density at radius 2 is 1.35 bits per heavy atom. The lowest BCUT2D eigenvalue weighted by atomic mass is 9.90. The molecule has 1 aliphatic carbocycles. The predicted molar refractivity (Wildman–Crippen MR) is 186 cm³/mol. The zero-order valence-corrected chi connectivity index (χ0v) is 26.7. The molecule has 6 aromatic rings. The Kier molecular flexibility index (Phi) is 7.31. The molecule has 1 fully saturated rings. The second-order valence-electron chi connectivity index (χ2n) is 12.3. The van der Waals surface area contributed by atoms with E-state index in [1.807, 2.05) is 11.8 Å². The number of aromatic nitrogens is 1. The van der Waals surface area contributed by atoms with Crippen LogP contribution in [0.4, 0.5) is 17.1 Å². The van der Waals surface area contributed by atoms with Crippen molar-refractivity contribution in [2.75, 3.05) is 4.90 Å². The maximum atomic E-state index is 2.54. The fourth-order valence-electron chi connectivity index (χ4n) is 6.44. The zero-order valence-electron chi connectivity index (χ0n) is 25.9. The van der Waals surface area contributed by atoms with Crippen LogP contribution in [-0.2, 0) is 7.05 Å². The Morgan fingerprint density at radius 1 is 0.721 bits per heavy atom. The molecule has 43 heavy (non-hydrogen) atoms. The fourth-order valence-corrected chi connectivity index (χ4v) is 7.51. The highest BCUT2D eigenvalue weighted by atomic mass is 32.2. The van der Waals surface area contributed by atoms with E-state index in [2.05, 4.69) is 147 Å². The van der Waals surface area contributed by atoms with Crippen LogP contribution < -0.4 is 4.90 Å².